The van der Waals surface area contributed by atoms with Gasteiger partial charge in [-0.3, -0.25) is 4.68 Å². The zero-order valence-electron chi connectivity index (χ0n) is 9.85. The molecule has 0 amide bonds. The lowest BCUT2D eigenvalue weighted by Gasteiger charge is -2.09. The van der Waals surface area contributed by atoms with E-state index in [1.165, 1.54) is 11.3 Å². The van der Waals surface area contributed by atoms with E-state index < -0.39 is 6.10 Å². The SMILES string of the molecule is CCn1nc(C)cc1CC(O)c1cc(Cl)cs1. The Kier molecular flexibility index (Phi) is 3.86. The Morgan fingerprint density at radius 2 is 2.29 bits per heavy atom. The lowest BCUT2D eigenvalue weighted by molar-refractivity contribution is 0.179. The van der Waals surface area contributed by atoms with E-state index >= 15 is 0 Å². The number of hydrogen-bond donors (Lipinski definition) is 1. The topological polar surface area (TPSA) is 38.0 Å². The molecular formula is C12H15ClN2OS. The third-order valence-electron chi connectivity index (χ3n) is 2.60. The van der Waals surface area contributed by atoms with Gasteiger partial charge in [-0.05, 0) is 26.0 Å². The molecule has 1 atom stereocenters. The van der Waals surface area contributed by atoms with Gasteiger partial charge in [0.1, 0.15) is 0 Å². The highest BCUT2D eigenvalue weighted by atomic mass is 35.5. The summed E-state index contributed by atoms with van der Waals surface area (Å²) in [6.07, 6.45) is 0.0693. The van der Waals surface area contributed by atoms with Crippen LogP contribution in [0.1, 0.15) is 29.3 Å². The molecule has 2 aromatic rings. The molecule has 0 bridgehead atoms. The Morgan fingerprint density at radius 3 is 2.88 bits per heavy atom. The molecule has 17 heavy (non-hydrogen) atoms. The number of aromatic nitrogens is 2. The van der Waals surface area contributed by atoms with Gasteiger partial charge < -0.3 is 5.11 Å². The van der Waals surface area contributed by atoms with E-state index in [-0.39, 0.29) is 0 Å². The van der Waals surface area contributed by atoms with Crippen LogP contribution in [0.5, 0.6) is 0 Å². The number of aryl methyl sites for hydroxylation is 2. The highest BCUT2D eigenvalue weighted by molar-refractivity contribution is 7.10. The summed E-state index contributed by atoms with van der Waals surface area (Å²) < 4.78 is 1.92. The van der Waals surface area contributed by atoms with Crippen LogP contribution in [0.2, 0.25) is 5.02 Å². The minimum Gasteiger partial charge on any atom is -0.387 e. The first-order valence-electron chi connectivity index (χ1n) is 5.55. The molecule has 0 saturated heterocycles. The monoisotopic (exact) mass is 270 g/mol. The summed E-state index contributed by atoms with van der Waals surface area (Å²) in [5.74, 6) is 0. The van der Waals surface area contributed by atoms with Crippen molar-refractivity contribution in [3.8, 4) is 0 Å². The van der Waals surface area contributed by atoms with E-state index in [1.54, 1.807) is 0 Å². The second-order valence-corrected chi connectivity index (χ2v) is 5.36. The van der Waals surface area contributed by atoms with Crippen LogP contribution in [0, 0.1) is 6.92 Å². The summed E-state index contributed by atoms with van der Waals surface area (Å²) in [5.41, 5.74) is 2.04. The molecule has 1 N–H and O–H groups in total. The number of halogens is 1. The van der Waals surface area contributed by atoms with Gasteiger partial charge in [0, 0.05) is 28.9 Å². The van der Waals surface area contributed by atoms with E-state index in [1.807, 2.05) is 36.0 Å². The van der Waals surface area contributed by atoms with Crippen molar-refractivity contribution in [1.82, 2.24) is 9.78 Å². The van der Waals surface area contributed by atoms with Crippen LogP contribution in [0.15, 0.2) is 17.5 Å². The van der Waals surface area contributed by atoms with Crippen molar-refractivity contribution in [2.45, 2.75) is 32.9 Å². The predicted octanol–water partition coefficient (Wildman–Crippen LogP) is 3.20. The van der Waals surface area contributed by atoms with Crippen LogP contribution in [0.3, 0.4) is 0 Å². The molecule has 2 rings (SSSR count). The summed E-state index contributed by atoms with van der Waals surface area (Å²) >= 11 is 7.34. The van der Waals surface area contributed by atoms with Crippen LogP contribution in [0.4, 0.5) is 0 Å². The van der Waals surface area contributed by atoms with E-state index in [9.17, 15) is 5.11 Å². The summed E-state index contributed by atoms with van der Waals surface area (Å²) in [5, 5.41) is 17.0. The normalized spacial score (nSPS) is 12.9. The molecule has 2 aromatic heterocycles. The van der Waals surface area contributed by atoms with E-state index in [4.69, 9.17) is 11.6 Å². The van der Waals surface area contributed by atoms with Crippen molar-refractivity contribution < 1.29 is 5.11 Å². The summed E-state index contributed by atoms with van der Waals surface area (Å²) in [6, 6.07) is 3.83. The van der Waals surface area contributed by atoms with Gasteiger partial charge in [0.2, 0.25) is 0 Å². The second kappa shape index (κ2) is 5.21. The predicted molar refractivity (Wildman–Crippen MR) is 70.6 cm³/mol. The Morgan fingerprint density at radius 1 is 1.53 bits per heavy atom. The Balaban J connectivity index is 2.14. The third kappa shape index (κ3) is 2.89. The summed E-state index contributed by atoms with van der Waals surface area (Å²) in [7, 11) is 0. The molecule has 2 heterocycles. The molecule has 0 aliphatic rings. The van der Waals surface area contributed by atoms with Gasteiger partial charge in [-0.2, -0.15) is 5.10 Å². The molecule has 92 valence electrons. The Labute approximate surface area is 110 Å². The van der Waals surface area contributed by atoms with Crippen molar-refractivity contribution in [2.75, 3.05) is 0 Å². The highest BCUT2D eigenvalue weighted by Crippen LogP contribution is 2.27. The van der Waals surface area contributed by atoms with Crippen LogP contribution < -0.4 is 0 Å². The molecule has 0 saturated carbocycles. The molecule has 0 aliphatic carbocycles. The minimum absolute atomic E-state index is 0.506. The molecule has 0 aliphatic heterocycles. The van der Waals surface area contributed by atoms with Gasteiger partial charge in [0.05, 0.1) is 16.8 Å². The van der Waals surface area contributed by atoms with Gasteiger partial charge >= 0.3 is 0 Å². The molecule has 1 unspecified atom stereocenters. The number of rotatable bonds is 4. The largest absolute Gasteiger partial charge is 0.387 e. The van der Waals surface area contributed by atoms with Gasteiger partial charge in [-0.25, -0.2) is 0 Å². The molecule has 3 nitrogen and oxygen atoms in total. The Bertz CT molecular complexity index is 506. The molecule has 0 fully saturated rings. The summed E-state index contributed by atoms with van der Waals surface area (Å²) in [4.78, 5) is 0.900. The van der Waals surface area contributed by atoms with Crippen molar-refractivity contribution in [2.24, 2.45) is 0 Å². The van der Waals surface area contributed by atoms with Crippen molar-refractivity contribution >= 4 is 22.9 Å². The fraction of sp³-hybridized carbons (Fsp3) is 0.417. The number of nitrogens with zero attached hydrogens (tertiary/aromatic N) is 2. The van der Waals surface area contributed by atoms with Crippen molar-refractivity contribution in [3.63, 3.8) is 0 Å². The van der Waals surface area contributed by atoms with Crippen molar-refractivity contribution in [3.05, 3.63) is 38.8 Å². The molecular weight excluding hydrogens is 256 g/mol. The maximum absolute atomic E-state index is 10.1. The standard InChI is InChI=1S/C12H15ClN2OS/c1-3-15-10(4-8(2)14-15)6-11(16)12-5-9(13)7-17-12/h4-5,7,11,16H,3,6H2,1-2H3. The van der Waals surface area contributed by atoms with Crippen LogP contribution in [-0.4, -0.2) is 14.9 Å². The van der Waals surface area contributed by atoms with Gasteiger partial charge in [-0.1, -0.05) is 11.6 Å². The second-order valence-electron chi connectivity index (χ2n) is 3.98. The lowest BCUT2D eigenvalue weighted by Crippen LogP contribution is -2.07. The maximum atomic E-state index is 10.1. The fourth-order valence-corrected chi connectivity index (χ4v) is 2.91. The number of aliphatic hydroxyl groups is 1. The van der Waals surface area contributed by atoms with Crippen LogP contribution >= 0.6 is 22.9 Å². The molecule has 5 heteroatoms. The zero-order valence-corrected chi connectivity index (χ0v) is 11.4. The first-order valence-corrected chi connectivity index (χ1v) is 6.81. The van der Waals surface area contributed by atoms with Gasteiger partial charge in [0.25, 0.3) is 0 Å². The van der Waals surface area contributed by atoms with Crippen LogP contribution in [0.25, 0.3) is 0 Å². The highest BCUT2D eigenvalue weighted by Gasteiger charge is 2.14. The van der Waals surface area contributed by atoms with E-state index in [0.29, 0.717) is 11.4 Å². The quantitative estimate of drug-likeness (QED) is 0.926. The van der Waals surface area contributed by atoms with Crippen LogP contribution in [-0.2, 0) is 13.0 Å². The van der Waals surface area contributed by atoms with E-state index in [2.05, 4.69) is 5.10 Å². The van der Waals surface area contributed by atoms with Crippen molar-refractivity contribution in [1.29, 1.82) is 0 Å². The van der Waals surface area contributed by atoms with Gasteiger partial charge in [0.15, 0.2) is 0 Å². The smallest absolute Gasteiger partial charge is 0.0937 e. The third-order valence-corrected chi connectivity index (χ3v) is 3.99. The average molecular weight is 271 g/mol. The lowest BCUT2D eigenvalue weighted by atomic mass is 10.1. The fourth-order valence-electron chi connectivity index (χ4n) is 1.84. The number of aliphatic hydroxyl groups excluding tert-OH is 1. The minimum atomic E-state index is -0.506. The maximum Gasteiger partial charge on any atom is 0.0937 e. The number of hydrogen-bond acceptors (Lipinski definition) is 3. The Hall–Kier alpha value is -0.840. The summed E-state index contributed by atoms with van der Waals surface area (Å²) in [6.45, 7) is 4.83. The molecule has 0 spiro atoms. The van der Waals surface area contributed by atoms with E-state index in [0.717, 1.165) is 22.8 Å². The first-order chi connectivity index (χ1) is 8.10. The van der Waals surface area contributed by atoms with Gasteiger partial charge in [-0.15, -0.1) is 11.3 Å². The molecule has 0 radical (unpaired) electrons. The molecule has 0 aromatic carbocycles. The average Bonchev–Trinajstić information content (AvgIpc) is 2.85. The zero-order chi connectivity index (χ0) is 12.4. The first kappa shape index (κ1) is 12.6. The number of thiophene rings is 1.